The van der Waals surface area contributed by atoms with Gasteiger partial charge in [0.15, 0.2) is 0 Å². The van der Waals surface area contributed by atoms with Crippen LogP contribution in [0.15, 0.2) is 36.7 Å². The summed E-state index contributed by atoms with van der Waals surface area (Å²) in [6.07, 6.45) is 3.66. The molecule has 19 heavy (non-hydrogen) atoms. The Bertz CT molecular complexity index is 761. The molecular weight excluding hydrogens is 238 g/mol. The van der Waals surface area contributed by atoms with Crippen LogP contribution in [0, 0.1) is 11.3 Å². The van der Waals surface area contributed by atoms with Gasteiger partial charge in [-0.15, -0.1) is 0 Å². The van der Waals surface area contributed by atoms with Crippen LogP contribution >= 0.6 is 0 Å². The van der Waals surface area contributed by atoms with Gasteiger partial charge in [-0.2, -0.15) is 10.4 Å². The minimum Gasteiger partial charge on any atom is -0.329 e. The maximum absolute atomic E-state index is 9.14. The van der Waals surface area contributed by atoms with Gasteiger partial charge in [0, 0.05) is 19.4 Å². The molecule has 0 N–H and O–H groups in total. The molecule has 0 saturated heterocycles. The lowest BCUT2D eigenvalue weighted by Crippen LogP contribution is -2.12. The maximum Gasteiger partial charge on any atom is 0.134 e. The van der Waals surface area contributed by atoms with E-state index in [2.05, 4.69) is 16.2 Å². The highest BCUT2D eigenvalue weighted by Gasteiger charge is 2.17. The van der Waals surface area contributed by atoms with E-state index in [9.17, 15) is 0 Å². The van der Waals surface area contributed by atoms with Crippen molar-refractivity contribution in [2.24, 2.45) is 7.05 Å². The van der Waals surface area contributed by atoms with Crippen LogP contribution in [0.4, 0.5) is 0 Å². The molecule has 5 heteroatoms. The molecule has 0 aliphatic carbocycles. The molecule has 0 radical (unpaired) electrons. The number of fused-ring (bicyclic) bond motifs is 1. The highest BCUT2D eigenvalue weighted by Crippen LogP contribution is 2.23. The van der Waals surface area contributed by atoms with Crippen LogP contribution in [0.25, 0.3) is 11.0 Å². The first kappa shape index (κ1) is 11.5. The number of hydrogen-bond donors (Lipinski definition) is 0. The van der Waals surface area contributed by atoms with Crippen molar-refractivity contribution in [3.8, 4) is 6.07 Å². The molecule has 2 aromatic heterocycles. The number of aryl methyl sites for hydroxylation is 1. The normalized spacial score (nSPS) is 12.5. The Morgan fingerprint density at radius 3 is 2.84 bits per heavy atom. The molecule has 0 saturated carbocycles. The number of benzene rings is 1. The van der Waals surface area contributed by atoms with Crippen LogP contribution in [-0.2, 0) is 7.05 Å². The topological polar surface area (TPSA) is 59.4 Å². The fourth-order valence-corrected chi connectivity index (χ4v) is 2.32. The molecule has 94 valence electrons. The van der Waals surface area contributed by atoms with Crippen molar-refractivity contribution in [2.45, 2.75) is 13.0 Å². The quantitative estimate of drug-likeness (QED) is 0.701. The minimum atomic E-state index is 0.0268. The summed E-state index contributed by atoms with van der Waals surface area (Å²) in [6.45, 7) is 2.04. The number of hydrogen-bond acceptors (Lipinski definition) is 3. The molecule has 5 nitrogen and oxygen atoms in total. The van der Waals surface area contributed by atoms with Crippen LogP contribution in [0.5, 0.6) is 0 Å². The molecule has 0 fully saturated rings. The van der Waals surface area contributed by atoms with Gasteiger partial charge >= 0.3 is 0 Å². The first-order chi connectivity index (χ1) is 9.22. The van der Waals surface area contributed by atoms with E-state index in [0.29, 0.717) is 5.56 Å². The number of nitrogens with zero attached hydrogens (tertiary/aromatic N) is 5. The lowest BCUT2D eigenvalue weighted by molar-refractivity contribution is 0.523. The highest BCUT2D eigenvalue weighted by atomic mass is 15.3. The zero-order chi connectivity index (χ0) is 13.4. The number of aromatic nitrogens is 4. The fraction of sp³-hybridized carbons (Fsp3) is 0.214. The molecule has 1 aromatic carbocycles. The Balaban J connectivity index is 2.21. The molecular formula is C14H13N5. The molecule has 1 unspecified atom stereocenters. The van der Waals surface area contributed by atoms with Crippen molar-refractivity contribution < 1.29 is 0 Å². The summed E-state index contributed by atoms with van der Waals surface area (Å²) in [5.74, 6) is 0.890. The molecule has 3 rings (SSSR count). The van der Waals surface area contributed by atoms with Crippen molar-refractivity contribution in [1.29, 1.82) is 5.26 Å². The zero-order valence-corrected chi connectivity index (χ0v) is 10.8. The summed E-state index contributed by atoms with van der Waals surface area (Å²) in [5.41, 5.74) is 2.32. The first-order valence-corrected chi connectivity index (χ1v) is 6.07. The van der Waals surface area contributed by atoms with Crippen LogP contribution in [0.3, 0.4) is 0 Å². The Morgan fingerprint density at radius 2 is 2.16 bits per heavy atom. The van der Waals surface area contributed by atoms with E-state index in [1.54, 1.807) is 12.3 Å². The third-order valence-electron chi connectivity index (χ3n) is 3.36. The molecule has 0 bridgehead atoms. The van der Waals surface area contributed by atoms with Gasteiger partial charge in [-0.1, -0.05) is 6.07 Å². The highest BCUT2D eigenvalue weighted by molar-refractivity contribution is 5.82. The average molecular weight is 251 g/mol. The molecule has 0 amide bonds. The van der Waals surface area contributed by atoms with Gasteiger partial charge in [-0.3, -0.25) is 4.68 Å². The summed E-state index contributed by atoms with van der Waals surface area (Å²) in [6, 6.07) is 9.75. The lowest BCUT2D eigenvalue weighted by atomic mass is 10.2. The predicted molar refractivity (Wildman–Crippen MR) is 71.5 cm³/mol. The third kappa shape index (κ3) is 1.69. The molecule has 0 spiro atoms. The van der Waals surface area contributed by atoms with E-state index in [1.807, 2.05) is 47.6 Å². The van der Waals surface area contributed by atoms with E-state index >= 15 is 0 Å². The minimum absolute atomic E-state index is 0.0268. The van der Waals surface area contributed by atoms with Gasteiger partial charge in [0.2, 0.25) is 0 Å². The second-order valence-corrected chi connectivity index (χ2v) is 4.48. The smallest absolute Gasteiger partial charge is 0.134 e. The molecule has 0 aliphatic rings. The molecule has 3 aromatic rings. The van der Waals surface area contributed by atoms with E-state index in [1.165, 1.54) is 0 Å². The van der Waals surface area contributed by atoms with Crippen LogP contribution in [-0.4, -0.2) is 19.3 Å². The average Bonchev–Trinajstić information content (AvgIpc) is 3.06. The standard InChI is InChI=1S/C14H13N5/c1-10(19-8-4-7-16-19)14-17-13-11(9-15)5-3-6-12(13)18(14)2/h3-8,10H,1-2H3. The fourth-order valence-electron chi connectivity index (χ4n) is 2.32. The zero-order valence-electron chi connectivity index (χ0n) is 10.8. The van der Waals surface area contributed by atoms with E-state index < -0.39 is 0 Å². The maximum atomic E-state index is 9.14. The summed E-state index contributed by atoms with van der Waals surface area (Å²) in [4.78, 5) is 4.62. The number of rotatable bonds is 2. The monoisotopic (exact) mass is 251 g/mol. The van der Waals surface area contributed by atoms with Gasteiger partial charge in [0.1, 0.15) is 23.5 Å². The van der Waals surface area contributed by atoms with Gasteiger partial charge in [-0.25, -0.2) is 4.98 Å². The van der Waals surface area contributed by atoms with Gasteiger partial charge in [-0.05, 0) is 25.1 Å². The first-order valence-electron chi connectivity index (χ1n) is 6.07. The second kappa shape index (κ2) is 4.25. The summed E-state index contributed by atoms with van der Waals surface area (Å²) in [7, 11) is 1.96. The van der Waals surface area contributed by atoms with Gasteiger partial charge in [0.25, 0.3) is 0 Å². The second-order valence-electron chi connectivity index (χ2n) is 4.48. The SMILES string of the molecule is CC(c1nc2c(C#N)cccc2n1C)n1cccn1. The third-order valence-corrected chi connectivity index (χ3v) is 3.36. The molecule has 1 atom stereocenters. The predicted octanol–water partition coefficient (Wildman–Crippen LogP) is 2.25. The summed E-state index contributed by atoms with van der Waals surface area (Å²) in [5, 5.41) is 13.4. The Hall–Kier alpha value is -2.61. The van der Waals surface area contributed by atoms with Crippen LogP contribution in [0.2, 0.25) is 0 Å². The molecule has 2 heterocycles. The van der Waals surface area contributed by atoms with Crippen molar-refractivity contribution in [1.82, 2.24) is 19.3 Å². The lowest BCUT2D eigenvalue weighted by Gasteiger charge is -2.11. The number of nitriles is 1. The Morgan fingerprint density at radius 1 is 1.32 bits per heavy atom. The van der Waals surface area contributed by atoms with E-state index in [0.717, 1.165) is 16.9 Å². The van der Waals surface area contributed by atoms with Crippen molar-refractivity contribution >= 4 is 11.0 Å². The van der Waals surface area contributed by atoms with Crippen molar-refractivity contribution in [3.05, 3.63) is 48.0 Å². The van der Waals surface area contributed by atoms with Crippen LogP contribution in [0.1, 0.15) is 24.4 Å². The van der Waals surface area contributed by atoms with Crippen molar-refractivity contribution in [3.63, 3.8) is 0 Å². The number of para-hydroxylation sites is 1. The number of imidazole rings is 1. The Kier molecular flexibility index (Phi) is 2.57. The molecule has 0 aliphatic heterocycles. The van der Waals surface area contributed by atoms with Crippen molar-refractivity contribution in [2.75, 3.05) is 0 Å². The van der Waals surface area contributed by atoms with Gasteiger partial charge in [0.05, 0.1) is 11.1 Å². The van der Waals surface area contributed by atoms with Gasteiger partial charge < -0.3 is 4.57 Å². The van der Waals surface area contributed by atoms with E-state index in [4.69, 9.17) is 5.26 Å². The largest absolute Gasteiger partial charge is 0.329 e. The summed E-state index contributed by atoms with van der Waals surface area (Å²) < 4.78 is 3.87. The van der Waals surface area contributed by atoms with E-state index in [-0.39, 0.29) is 6.04 Å². The summed E-state index contributed by atoms with van der Waals surface area (Å²) >= 11 is 0. The van der Waals surface area contributed by atoms with Crippen LogP contribution < -0.4 is 0 Å². The Labute approximate surface area is 110 Å².